The van der Waals surface area contributed by atoms with Crippen LogP contribution in [0.3, 0.4) is 0 Å². The van der Waals surface area contributed by atoms with Crippen LogP contribution in [0.25, 0.3) is 0 Å². The van der Waals surface area contributed by atoms with Crippen molar-refractivity contribution in [2.75, 3.05) is 18.1 Å². The summed E-state index contributed by atoms with van der Waals surface area (Å²) >= 11 is 1.56. The van der Waals surface area contributed by atoms with Gasteiger partial charge < -0.3 is 20.4 Å². The van der Waals surface area contributed by atoms with Crippen molar-refractivity contribution in [2.45, 2.75) is 43.9 Å². The molecule has 0 aromatic heterocycles. The Labute approximate surface area is 116 Å². The average molecular weight is 288 g/mol. The molecular formula is C12H20N2O4S. The molecule has 2 aliphatic rings. The molecule has 1 aliphatic carbocycles. The quantitative estimate of drug-likeness (QED) is 0.688. The summed E-state index contributed by atoms with van der Waals surface area (Å²) in [7, 11) is 0. The third-order valence-corrected chi connectivity index (χ3v) is 4.72. The van der Waals surface area contributed by atoms with Gasteiger partial charge in [-0.25, -0.2) is 9.59 Å². The van der Waals surface area contributed by atoms with Gasteiger partial charge in [-0.15, -0.1) is 0 Å². The van der Waals surface area contributed by atoms with Crippen molar-refractivity contribution in [3.63, 3.8) is 0 Å². The van der Waals surface area contributed by atoms with Crippen molar-refractivity contribution in [1.29, 1.82) is 0 Å². The lowest BCUT2D eigenvalue weighted by molar-refractivity contribution is -0.141. The number of carboxylic acid groups (broad SMARTS) is 1. The number of urea groups is 1. The first kappa shape index (κ1) is 14.5. The summed E-state index contributed by atoms with van der Waals surface area (Å²) in [4.78, 5) is 24.7. The van der Waals surface area contributed by atoms with E-state index in [0.29, 0.717) is 25.1 Å². The summed E-state index contributed by atoms with van der Waals surface area (Å²) in [6, 6.07) is -0.957. The van der Waals surface area contributed by atoms with Gasteiger partial charge in [0.2, 0.25) is 0 Å². The van der Waals surface area contributed by atoms with Crippen LogP contribution < -0.4 is 5.32 Å². The molecule has 2 fully saturated rings. The van der Waals surface area contributed by atoms with Crippen LogP contribution in [0.2, 0.25) is 0 Å². The number of carbonyl (C=O) groups is 2. The molecule has 2 amide bonds. The van der Waals surface area contributed by atoms with E-state index in [9.17, 15) is 14.7 Å². The molecule has 108 valence electrons. The number of nitrogens with one attached hydrogen (secondary N) is 1. The highest BCUT2D eigenvalue weighted by Gasteiger charge is 2.33. The predicted octanol–water partition coefficient (Wildman–Crippen LogP) is 0.501. The van der Waals surface area contributed by atoms with Gasteiger partial charge >= 0.3 is 12.0 Å². The Morgan fingerprint density at radius 3 is 2.53 bits per heavy atom. The SMILES string of the molecule is O=C(O)C1CSCCN1C(=O)NC1CCC(O)CC1. The normalized spacial score (nSPS) is 31.8. The van der Waals surface area contributed by atoms with E-state index in [4.69, 9.17) is 5.11 Å². The largest absolute Gasteiger partial charge is 0.480 e. The molecule has 19 heavy (non-hydrogen) atoms. The Morgan fingerprint density at radius 1 is 1.21 bits per heavy atom. The molecule has 6 nitrogen and oxygen atoms in total. The molecule has 7 heteroatoms. The van der Waals surface area contributed by atoms with Crippen LogP contribution in [-0.2, 0) is 4.79 Å². The minimum atomic E-state index is -0.943. The Balaban J connectivity index is 1.89. The van der Waals surface area contributed by atoms with E-state index in [1.807, 2.05) is 0 Å². The Bertz CT molecular complexity index is 345. The van der Waals surface area contributed by atoms with E-state index in [-0.39, 0.29) is 18.2 Å². The second kappa shape index (κ2) is 6.47. The van der Waals surface area contributed by atoms with Crippen LogP contribution in [0.1, 0.15) is 25.7 Å². The van der Waals surface area contributed by atoms with Crippen LogP contribution in [0.15, 0.2) is 0 Å². The lowest BCUT2D eigenvalue weighted by atomic mass is 9.93. The van der Waals surface area contributed by atoms with Gasteiger partial charge in [0.05, 0.1) is 6.10 Å². The molecular weight excluding hydrogens is 268 g/mol. The van der Waals surface area contributed by atoms with Gasteiger partial charge in [0, 0.05) is 24.1 Å². The molecule has 0 aromatic rings. The number of nitrogens with zero attached hydrogens (tertiary/aromatic N) is 1. The van der Waals surface area contributed by atoms with E-state index in [1.165, 1.54) is 4.90 Å². The minimum absolute atomic E-state index is 0.0555. The van der Waals surface area contributed by atoms with Gasteiger partial charge in [-0.1, -0.05) is 0 Å². The third-order valence-electron chi connectivity index (χ3n) is 3.70. The molecule has 1 atom stereocenters. The lowest BCUT2D eigenvalue weighted by Crippen LogP contribution is -2.55. The highest BCUT2D eigenvalue weighted by Crippen LogP contribution is 2.20. The summed E-state index contributed by atoms with van der Waals surface area (Å²) in [6.45, 7) is 0.475. The van der Waals surface area contributed by atoms with E-state index in [2.05, 4.69) is 5.32 Å². The maximum atomic E-state index is 12.1. The Kier molecular flexibility index (Phi) is 4.93. The Hall–Kier alpha value is -0.950. The van der Waals surface area contributed by atoms with Gasteiger partial charge in [0.1, 0.15) is 6.04 Å². The summed E-state index contributed by atoms with van der Waals surface area (Å²) in [5.41, 5.74) is 0. The number of carboxylic acids is 1. The standard InChI is InChI=1S/C12H20N2O4S/c15-9-3-1-8(2-4-9)13-12(18)14-5-6-19-7-10(14)11(16)17/h8-10,15H,1-7H2,(H,13,18)(H,16,17). The van der Waals surface area contributed by atoms with Crippen LogP contribution in [-0.4, -0.2) is 63.4 Å². The molecule has 0 bridgehead atoms. The fourth-order valence-corrected chi connectivity index (χ4v) is 3.57. The summed E-state index contributed by atoms with van der Waals surface area (Å²) < 4.78 is 0. The van der Waals surface area contributed by atoms with Crippen molar-refractivity contribution in [2.24, 2.45) is 0 Å². The summed E-state index contributed by atoms with van der Waals surface area (Å²) in [5, 5.41) is 21.4. The number of aliphatic hydroxyl groups is 1. The lowest BCUT2D eigenvalue weighted by Gasteiger charge is -2.35. The maximum absolute atomic E-state index is 12.1. The topological polar surface area (TPSA) is 89.9 Å². The zero-order chi connectivity index (χ0) is 13.8. The first-order valence-corrected chi connectivity index (χ1v) is 7.79. The minimum Gasteiger partial charge on any atom is -0.480 e. The van der Waals surface area contributed by atoms with Crippen LogP contribution >= 0.6 is 11.8 Å². The number of amides is 2. The zero-order valence-corrected chi connectivity index (χ0v) is 11.6. The third kappa shape index (κ3) is 3.76. The monoisotopic (exact) mass is 288 g/mol. The van der Waals surface area contributed by atoms with Crippen molar-refractivity contribution in [1.82, 2.24) is 10.2 Å². The fraction of sp³-hybridized carbons (Fsp3) is 0.833. The summed E-state index contributed by atoms with van der Waals surface area (Å²) in [5.74, 6) is 0.286. The van der Waals surface area contributed by atoms with Crippen LogP contribution in [0.5, 0.6) is 0 Å². The number of hydrogen-bond donors (Lipinski definition) is 3. The smallest absolute Gasteiger partial charge is 0.327 e. The molecule has 2 rings (SSSR count). The van der Waals surface area contributed by atoms with Gasteiger partial charge in [-0.05, 0) is 25.7 Å². The van der Waals surface area contributed by atoms with E-state index >= 15 is 0 Å². The first-order valence-electron chi connectivity index (χ1n) is 6.63. The van der Waals surface area contributed by atoms with E-state index in [1.54, 1.807) is 11.8 Å². The van der Waals surface area contributed by atoms with Gasteiger partial charge in [-0.2, -0.15) is 11.8 Å². The van der Waals surface area contributed by atoms with Crippen molar-refractivity contribution in [3.05, 3.63) is 0 Å². The number of hydrogen-bond acceptors (Lipinski definition) is 4. The van der Waals surface area contributed by atoms with Crippen LogP contribution in [0.4, 0.5) is 4.79 Å². The molecule has 3 N–H and O–H groups in total. The van der Waals surface area contributed by atoms with Crippen molar-refractivity contribution < 1.29 is 19.8 Å². The maximum Gasteiger partial charge on any atom is 0.327 e. The summed E-state index contributed by atoms with van der Waals surface area (Å²) in [6.07, 6.45) is 2.65. The highest BCUT2D eigenvalue weighted by atomic mass is 32.2. The molecule has 0 spiro atoms. The Morgan fingerprint density at radius 2 is 1.89 bits per heavy atom. The predicted molar refractivity (Wildman–Crippen MR) is 72.2 cm³/mol. The number of aliphatic carboxylic acids is 1. The van der Waals surface area contributed by atoms with Crippen LogP contribution in [0, 0.1) is 0 Å². The average Bonchev–Trinajstić information content (AvgIpc) is 2.41. The number of carbonyl (C=O) groups excluding carboxylic acids is 1. The number of aliphatic hydroxyl groups excluding tert-OH is 1. The number of rotatable bonds is 2. The van der Waals surface area contributed by atoms with Crippen molar-refractivity contribution in [3.8, 4) is 0 Å². The molecule has 1 saturated heterocycles. The highest BCUT2D eigenvalue weighted by molar-refractivity contribution is 7.99. The molecule has 1 heterocycles. The zero-order valence-electron chi connectivity index (χ0n) is 10.7. The fourth-order valence-electron chi connectivity index (χ4n) is 2.53. The first-order chi connectivity index (χ1) is 9.08. The molecule has 0 radical (unpaired) electrons. The molecule has 0 aromatic carbocycles. The second-order valence-corrected chi connectivity index (χ2v) is 6.23. The second-order valence-electron chi connectivity index (χ2n) is 5.08. The van der Waals surface area contributed by atoms with E-state index in [0.717, 1.165) is 18.6 Å². The van der Waals surface area contributed by atoms with Gasteiger partial charge in [0.25, 0.3) is 0 Å². The van der Waals surface area contributed by atoms with Gasteiger partial charge in [-0.3, -0.25) is 0 Å². The van der Waals surface area contributed by atoms with Crippen molar-refractivity contribution >= 4 is 23.8 Å². The molecule has 1 saturated carbocycles. The molecule has 1 aliphatic heterocycles. The van der Waals surface area contributed by atoms with E-state index < -0.39 is 12.0 Å². The number of thioether (sulfide) groups is 1. The molecule has 1 unspecified atom stereocenters. The van der Waals surface area contributed by atoms with Gasteiger partial charge in [0.15, 0.2) is 0 Å².